The third-order valence-corrected chi connectivity index (χ3v) is 2.47. The van der Waals surface area contributed by atoms with Crippen LogP contribution < -0.4 is 11.2 Å². The molecule has 14 heavy (non-hydrogen) atoms. The number of hydroxylamine groups is 1. The molecule has 0 aromatic rings. The van der Waals surface area contributed by atoms with E-state index in [1.807, 2.05) is 0 Å². The molecule has 0 saturated heterocycles. The van der Waals surface area contributed by atoms with Crippen molar-refractivity contribution in [2.24, 2.45) is 11.7 Å². The van der Waals surface area contributed by atoms with Gasteiger partial charge in [0.15, 0.2) is 0 Å². The van der Waals surface area contributed by atoms with E-state index < -0.39 is 5.54 Å². The van der Waals surface area contributed by atoms with Crippen LogP contribution in [0.25, 0.3) is 0 Å². The zero-order chi connectivity index (χ0) is 10.6. The fourth-order valence-corrected chi connectivity index (χ4v) is 1.22. The predicted octanol–water partition coefficient (Wildman–Crippen LogP) is -0.192. The number of nitrogens with one attached hydrogen (secondary N) is 1. The molecular weight excluding hydrogens is 184 g/mol. The van der Waals surface area contributed by atoms with E-state index in [2.05, 4.69) is 5.48 Å². The first-order valence-electron chi connectivity index (χ1n) is 4.79. The van der Waals surface area contributed by atoms with Crippen LogP contribution in [0.3, 0.4) is 0 Å². The standard InChI is InChI=1S/C9H18N2O3/c1-9(10,7-3-4-7)8(12)11-14-6-5-13-2/h7H,3-6,10H2,1-2H3,(H,11,12). The highest BCUT2D eigenvalue weighted by Crippen LogP contribution is 2.37. The van der Waals surface area contributed by atoms with Crippen LogP contribution in [0.5, 0.6) is 0 Å². The summed E-state index contributed by atoms with van der Waals surface area (Å²) >= 11 is 0. The van der Waals surface area contributed by atoms with Crippen molar-refractivity contribution < 1.29 is 14.4 Å². The van der Waals surface area contributed by atoms with Crippen molar-refractivity contribution in [1.29, 1.82) is 0 Å². The molecule has 0 bridgehead atoms. The Labute approximate surface area is 83.9 Å². The van der Waals surface area contributed by atoms with Crippen LogP contribution in [0.1, 0.15) is 19.8 Å². The lowest BCUT2D eigenvalue weighted by Gasteiger charge is -2.22. The van der Waals surface area contributed by atoms with E-state index in [0.29, 0.717) is 19.1 Å². The van der Waals surface area contributed by atoms with E-state index in [9.17, 15) is 4.79 Å². The molecule has 1 unspecified atom stereocenters. The van der Waals surface area contributed by atoms with E-state index in [1.165, 1.54) is 0 Å². The van der Waals surface area contributed by atoms with Gasteiger partial charge in [0.25, 0.3) is 5.91 Å². The van der Waals surface area contributed by atoms with Gasteiger partial charge in [-0.15, -0.1) is 0 Å². The maximum Gasteiger partial charge on any atom is 0.263 e. The summed E-state index contributed by atoms with van der Waals surface area (Å²) < 4.78 is 4.76. The molecule has 0 radical (unpaired) electrons. The Morgan fingerprint density at radius 3 is 2.71 bits per heavy atom. The minimum atomic E-state index is -0.799. The summed E-state index contributed by atoms with van der Waals surface area (Å²) in [6, 6.07) is 0. The molecule has 0 aromatic heterocycles. The summed E-state index contributed by atoms with van der Waals surface area (Å²) in [6.07, 6.45) is 2.05. The Hall–Kier alpha value is -0.650. The minimum absolute atomic E-state index is 0.254. The molecule has 0 heterocycles. The van der Waals surface area contributed by atoms with Gasteiger partial charge in [-0.25, -0.2) is 5.48 Å². The second-order valence-corrected chi connectivity index (χ2v) is 3.83. The van der Waals surface area contributed by atoms with Gasteiger partial charge in [-0.3, -0.25) is 9.63 Å². The van der Waals surface area contributed by atoms with Crippen LogP contribution in [0.4, 0.5) is 0 Å². The first-order valence-corrected chi connectivity index (χ1v) is 4.79. The molecule has 3 N–H and O–H groups in total. The lowest BCUT2D eigenvalue weighted by molar-refractivity contribution is -0.140. The van der Waals surface area contributed by atoms with Crippen LogP contribution in [-0.4, -0.2) is 31.8 Å². The Bertz CT molecular complexity index is 202. The van der Waals surface area contributed by atoms with Crippen LogP contribution in [0.2, 0.25) is 0 Å². The molecule has 1 aliphatic rings. The van der Waals surface area contributed by atoms with E-state index in [0.717, 1.165) is 12.8 Å². The molecule has 1 saturated carbocycles. The maximum atomic E-state index is 11.5. The lowest BCUT2D eigenvalue weighted by atomic mass is 9.97. The quantitative estimate of drug-likeness (QED) is 0.462. The lowest BCUT2D eigenvalue weighted by Crippen LogP contribution is -2.53. The Kier molecular flexibility index (Phi) is 3.86. The van der Waals surface area contributed by atoms with E-state index in [4.69, 9.17) is 15.3 Å². The summed E-state index contributed by atoms with van der Waals surface area (Å²) in [5, 5.41) is 0. The minimum Gasteiger partial charge on any atom is -0.382 e. The van der Waals surface area contributed by atoms with Crippen molar-refractivity contribution in [3.63, 3.8) is 0 Å². The van der Waals surface area contributed by atoms with Gasteiger partial charge in [-0.2, -0.15) is 0 Å². The van der Waals surface area contributed by atoms with Crippen LogP contribution in [-0.2, 0) is 14.4 Å². The molecule has 1 atom stereocenters. The molecule has 1 rings (SSSR count). The van der Waals surface area contributed by atoms with E-state index in [-0.39, 0.29) is 5.91 Å². The van der Waals surface area contributed by atoms with Gasteiger partial charge >= 0.3 is 0 Å². The normalized spacial score (nSPS) is 20.2. The van der Waals surface area contributed by atoms with Gasteiger partial charge < -0.3 is 10.5 Å². The third kappa shape index (κ3) is 2.94. The summed E-state index contributed by atoms with van der Waals surface area (Å²) in [7, 11) is 1.57. The fraction of sp³-hybridized carbons (Fsp3) is 0.889. The molecular formula is C9H18N2O3. The molecule has 0 aromatic carbocycles. The summed E-state index contributed by atoms with van der Waals surface area (Å²) in [5.41, 5.74) is 7.39. The highest BCUT2D eigenvalue weighted by Gasteiger charge is 2.44. The Morgan fingerprint density at radius 2 is 2.21 bits per heavy atom. The Morgan fingerprint density at radius 1 is 1.57 bits per heavy atom. The highest BCUT2D eigenvalue weighted by atomic mass is 16.7. The monoisotopic (exact) mass is 202 g/mol. The summed E-state index contributed by atoms with van der Waals surface area (Å²) in [5.74, 6) is 0.0460. The molecule has 0 spiro atoms. The first-order chi connectivity index (χ1) is 6.59. The number of rotatable bonds is 6. The topological polar surface area (TPSA) is 73.6 Å². The average molecular weight is 202 g/mol. The number of hydrogen-bond donors (Lipinski definition) is 2. The van der Waals surface area contributed by atoms with Gasteiger partial charge in [-0.05, 0) is 25.7 Å². The Balaban J connectivity index is 2.20. The number of carbonyl (C=O) groups is 1. The molecule has 1 fully saturated rings. The molecule has 5 nitrogen and oxygen atoms in total. The van der Waals surface area contributed by atoms with Gasteiger partial charge in [-0.1, -0.05) is 0 Å². The SMILES string of the molecule is COCCONC(=O)C(C)(N)C1CC1. The number of methoxy groups -OCH3 is 1. The molecule has 1 amide bonds. The molecule has 5 heteroatoms. The van der Waals surface area contributed by atoms with Crippen molar-refractivity contribution in [2.75, 3.05) is 20.3 Å². The molecule has 1 aliphatic carbocycles. The number of hydrogen-bond acceptors (Lipinski definition) is 4. The van der Waals surface area contributed by atoms with E-state index in [1.54, 1.807) is 14.0 Å². The van der Waals surface area contributed by atoms with Crippen LogP contribution in [0.15, 0.2) is 0 Å². The van der Waals surface area contributed by atoms with Gasteiger partial charge in [0, 0.05) is 7.11 Å². The van der Waals surface area contributed by atoms with Crippen molar-refractivity contribution in [3.8, 4) is 0 Å². The predicted molar refractivity (Wildman–Crippen MR) is 51.3 cm³/mol. The summed E-state index contributed by atoms with van der Waals surface area (Å²) in [6.45, 7) is 2.52. The first kappa shape index (κ1) is 11.4. The maximum absolute atomic E-state index is 11.5. The van der Waals surface area contributed by atoms with Crippen LogP contribution >= 0.6 is 0 Å². The molecule has 0 aliphatic heterocycles. The van der Waals surface area contributed by atoms with Crippen LogP contribution in [0, 0.1) is 5.92 Å². The van der Waals surface area contributed by atoms with E-state index >= 15 is 0 Å². The zero-order valence-corrected chi connectivity index (χ0v) is 8.71. The van der Waals surface area contributed by atoms with Gasteiger partial charge in [0.05, 0.1) is 18.8 Å². The third-order valence-electron chi connectivity index (χ3n) is 2.47. The van der Waals surface area contributed by atoms with Crippen molar-refractivity contribution >= 4 is 5.91 Å². The number of ether oxygens (including phenoxy) is 1. The highest BCUT2D eigenvalue weighted by molar-refractivity contribution is 5.85. The second-order valence-electron chi connectivity index (χ2n) is 3.83. The second kappa shape index (κ2) is 4.72. The van der Waals surface area contributed by atoms with Crippen molar-refractivity contribution in [3.05, 3.63) is 0 Å². The number of amides is 1. The largest absolute Gasteiger partial charge is 0.382 e. The molecule has 82 valence electrons. The number of nitrogens with two attached hydrogens (primary N) is 1. The smallest absolute Gasteiger partial charge is 0.263 e. The van der Waals surface area contributed by atoms with Crippen molar-refractivity contribution in [2.45, 2.75) is 25.3 Å². The van der Waals surface area contributed by atoms with Gasteiger partial charge in [0.1, 0.15) is 0 Å². The fourth-order valence-electron chi connectivity index (χ4n) is 1.22. The summed E-state index contributed by atoms with van der Waals surface area (Å²) in [4.78, 5) is 16.4. The average Bonchev–Trinajstić information content (AvgIpc) is 2.94. The van der Waals surface area contributed by atoms with Gasteiger partial charge in [0.2, 0.25) is 0 Å². The zero-order valence-electron chi connectivity index (χ0n) is 8.71. The van der Waals surface area contributed by atoms with Crippen molar-refractivity contribution in [1.82, 2.24) is 5.48 Å². The number of carbonyl (C=O) groups excluding carboxylic acids is 1.